The lowest BCUT2D eigenvalue weighted by atomic mass is 10.1. The first-order valence-corrected chi connectivity index (χ1v) is 5.92. The second-order valence-electron chi connectivity index (χ2n) is 4.45. The predicted molar refractivity (Wildman–Crippen MR) is 70.7 cm³/mol. The molecule has 0 radical (unpaired) electrons. The molecule has 0 saturated carbocycles. The van der Waals surface area contributed by atoms with E-state index in [1.54, 1.807) is 0 Å². The number of hydrogen-bond acceptors (Lipinski definition) is 4. The maximum Gasteiger partial charge on any atom is 0.240 e. The Labute approximate surface area is 114 Å². The van der Waals surface area contributed by atoms with Crippen molar-refractivity contribution >= 4 is 24.2 Å². The zero-order valence-corrected chi connectivity index (χ0v) is 11.8. The lowest BCUT2D eigenvalue weighted by molar-refractivity contribution is -0.131. The minimum Gasteiger partial charge on any atom is -0.375 e. The Morgan fingerprint density at radius 2 is 2.11 bits per heavy atom. The molecule has 0 bridgehead atoms. The molecule has 1 rings (SSSR count). The Balaban J connectivity index is 0.00000289. The summed E-state index contributed by atoms with van der Waals surface area (Å²) < 4.78 is 5.36. The minimum absolute atomic E-state index is 0. The van der Waals surface area contributed by atoms with Gasteiger partial charge in [-0.1, -0.05) is 0 Å². The lowest BCUT2D eigenvalue weighted by Gasteiger charge is -2.29. The fraction of sp³-hybridized carbons (Fsp3) is 0.818. The molecule has 1 aliphatic rings. The molecule has 106 valence electrons. The van der Waals surface area contributed by atoms with Crippen LogP contribution < -0.4 is 16.0 Å². The maximum absolute atomic E-state index is 11.8. The van der Waals surface area contributed by atoms with Crippen LogP contribution in [0.4, 0.5) is 0 Å². The van der Waals surface area contributed by atoms with Crippen molar-refractivity contribution in [2.45, 2.75) is 39.0 Å². The van der Waals surface area contributed by atoms with Crippen molar-refractivity contribution in [3.8, 4) is 0 Å². The molecule has 6 nitrogen and oxygen atoms in total. The first kappa shape index (κ1) is 17.2. The van der Waals surface area contributed by atoms with Crippen LogP contribution in [0.5, 0.6) is 0 Å². The van der Waals surface area contributed by atoms with Crippen LogP contribution >= 0.6 is 12.4 Å². The summed E-state index contributed by atoms with van der Waals surface area (Å²) in [6, 6.07) is -0.301. The van der Waals surface area contributed by atoms with Crippen molar-refractivity contribution in [2.75, 3.05) is 19.7 Å². The lowest BCUT2D eigenvalue weighted by Crippen LogP contribution is -2.56. The Hall–Kier alpha value is -0.850. The van der Waals surface area contributed by atoms with Crippen LogP contribution in [0.1, 0.15) is 20.8 Å². The standard InChI is InChI=1S/C11H21N3O3.ClH/c1-7(2)14-9(15)6-13-11(16)10-8(3)17-5-4-12-10;/h7-8,10,12H,4-6H2,1-3H3,(H,13,16)(H,14,15);1H/t8-,10+;/m1./s1. The molecule has 3 N–H and O–H groups in total. The van der Waals surface area contributed by atoms with Crippen molar-refractivity contribution in [3.05, 3.63) is 0 Å². The third kappa shape index (κ3) is 5.66. The normalized spacial score (nSPS) is 23.1. The first-order chi connectivity index (χ1) is 8.00. The van der Waals surface area contributed by atoms with Crippen LogP contribution in [0.3, 0.4) is 0 Å². The van der Waals surface area contributed by atoms with Gasteiger partial charge in [0.05, 0.1) is 19.3 Å². The van der Waals surface area contributed by atoms with Crippen molar-refractivity contribution < 1.29 is 14.3 Å². The summed E-state index contributed by atoms with van der Waals surface area (Å²) in [7, 11) is 0. The number of morpholine rings is 1. The SMILES string of the molecule is CC(C)NC(=O)CNC(=O)[C@H]1NCCO[C@@H]1C.Cl. The van der Waals surface area contributed by atoms with Crippen molar-refractivity contribution in [1.29, 1.82) is 0 Å². The van der Waals surface area contributed by atoms with Crippen molar-refractivity contribution in [1.82, 2.24) is 16.0 Å². The second kappa shape index (κ2) is 8.29. The molecule has 0 aromatic heterocycles. The van der Waals surface area contributed by atoms with E-state index in [0.717, 1.165) is 0 Å². The number of carbonyl (C=O) groups is 2. The van der Waals surface area contributed by atoms with E-state index in [9.17, 15) is 9.59 Å². The smallest absolute Gasteiger partial charge is 0.240 e. The maximum atomic E-state index is 11.8. The van der Waals surface area contributed by atoms with Gasteiger partial charge in [0.25, 0.3) is 0 Å². The van der Waals surface area contributed by atoms with Gasteiger partial charge in [0.15, 0.2) is 0 Å². The summed E-state index contributed by atoms with van der Waals surface area (Å²) >= 11 is 0. The molecule has 7 heteroatoms. The molecule has 18 heavy (non-hydrogen) atoms. The highest BCUT2D eigenvalue weighted by Crippen LogP contribution is 2.03. The predicted octanol–water partition coefficient (Wildman–Crippen LogP) is -0.574. The average molecular weight is 280 g/mol. The molecular weight excluding hydrogens is 258 g/mol. The summed E-state index contributed by atoms with van der Waals surface area (Å²) in [5.41, 5.74) is 0. The number of hydrogen-bond donors (Lipinski definition) is 3. The molecule has 0 aliphatic carbocycles. The molecule has 2 atom stereocenters. The van der Waals surface area contributed by atoms with E-state index in [4.69, 9.17) is 4.74 Å². The number of amides is 2. The number of rotatable bonds is 4. The van der Waals surface area contributed by atoms with Crippen molar-refractivity contribution in [3.63, 3.8) is 0 Å². The van der Waals surface area contributed by atoms with Gasteiger partial charge in [0.2, 0.25) is 11.8 Å². The van der Waals surface area contributed by atoms with Crippen LogP contribution in [-0.2, 0) is 14.3 Å². The Kier molecular flexibility index (Phi) is 7.90. The van der Waals surface area contributed by atoms with E-state index >= 15 is 0 Å². The molecule has 0 unspecified atom stereocenters. The Bertz CT molecular complexity index is 287. The molecule has 1 fully saturated rings. The molecule has 0 aromatic carbocycles. The summed E-state index contributed by atoms with van der Waals surface area (Å²) in [5.74, 6) is -0.381. The van der Waals surface area contributed by atoms with Crippen LogP contribution in [-0.4, -0.2) is 49.7 Å². The topological polar surface area (TPSA) is 79.5 Å². The van der Waals surface area contributed by atoms with E-state index in [-0.39, 0.29) is 49.0 Å². The van der Waals surface area contributed by atoms with E-state index in [0.29, 0.717) is 13.2 Å². The molecule has 0 spiro atoms. The first-order valence-electron chi connectivity index (χ1n) is 5.92. The molecule has 1 aliphatic heterocycles. The van der Waals surface area contributed by atoms with Gasteiger partial charge in [-0.3, -0.25) is 9.59 Å². The number of carbonyl (C=O) groups excluding carboxylic acids is 2. The summed E-state index contributed by atoms with van der Waals surface area (Å²) in [6.45, 7) is 6.85. The van der Waals surface area contributed by atoms with Gasteiger partial charge in [-0.05, 0) is 20.8 Å². The minimum atomic E-state index is -0.379. The number of nitrogens with one attached hydrogen (secondary N) is 3. The largest absolute Gasteiger partial charge is 0.375 e. The number of ether oxygens (including phenoxy) is 1. The van der Waals surface area contributed by atoms with Gasteiger partial charge in [-0.25, -0.2) is 0 Å². The monoisotopic (exact) mass is 279 g/mol. The van der Waals surface area contributed by atoms with Gasteiger partial charge in [0.1, 0.15) is 6.04 Å². The van der Waals surface area contributed by atoms with E-state index < -0.39 is 0 Å². The van der Waals surface area contributed by atoms with Gasteiger partial charge in [-0.15, -0.1) is 12.4 Å². The quantitative estimate of drug-likeness (QED) is 0.644. The third-order valence-electron chi connectivity index (χ3n) is 2.47. The zero-order chi connectivity index (χ0) is 12.8. The third-order valence-corrected chi connectivity index (χ3v) is 2.47. The molecule has 2 amide bonds. The molecular formula is C11H22ClN3O3. The Morgan fingerprint density at radius 3 is 2.67 bits per heavy atom. The number of halogens is 1. The highest BCUT2D eigenvalue weighted by Gasteiger charge is 2.28. The molecule has 0 aromatic rings. The second-order valence-corrected chi connectivity index (χ2v) is 4.45. The zero-order valence-electron chi connectivity index (χ0n) is 11.0. The van der Waals surface area contributed by atoms with Crippen LogP contribution in [0.15, 0.2) is 0 Å². The molecule has 1 saturated heterocycles. The highest BCUT2D eigenvalue weighted by atomic mass is 35.5. The fourth-order valence-electron chi connectivity index (χ4n) is 1.68. The average Bonchev–Trinajstić information content (AvgIpc) is 2.25. The van der Waals surface area contributed by atoms with Crippen molar-refractivity contribution in [2.24, 2.45) is 0 Å². The van der Waals surface area contributed by atoms with Gasteiger partial charge in [0, 0.05) is 12.6 Å². The summed E-state index contributed by atoms with van der Waals surface area (Å²) in [6.07, 6.45) is -0.170. The summed E-state index contributed by atoms with van der Waals surface area (Å²) in [4.78, 5) is 23.1. The Morgan fingerprint density at radius 1 is 1.44 bits per heavy atom. The summed E-state index contributed by atoms with van der Waals surface area (Å²) in [5, 5.41) is 8.37. The van der Waals surface area contributed by atoms with Gasteiger partial charge >= 0.3 is 0 Å². The van der Waals surface area contributed by atoms with Crippen LogP contribution in [0.2, 0.25) is 0 Å². The highest BCUT2D eigenvalue weighted by molar-refractivity contribution is 5.87. The van der Waals surface area contributed by atoms with E-state index in [1.807, 2.05) is 20.8 Å². The van der Waals surface area contributed by atoms with Crippen LogP contribution in [0, 0.1) is 0 Å². The fourth-order valence-corrected chi connectivity index (χ4v) is 1.68. The van der Waals surface area contributed by atoms with Gasteiger partial charge < -0.3 is 20.7 Å². The van der Waals surface area contributed by atoms with Crippen LogP contribution in [0.25, 0.3) is 0 Å². The van der Waals surface area contributed by atoms with Gasteiger partial charge in [-0.2, -0.15) is 0 Å². The van der Waals surface area contributed by atoms with E-state index in [1.165, 1.54) is 0 Å². The molecule has 1 heterocycles. The van der Waals surface area contributed by atoms with E-state index in [2.05, 4.69) is 16.0 Å².